The van der Waals surface area contributed by atoms with Gasteiger partial charge in [0.1, 0.15) is 35.2 Å². The highest BCUT2D eigenvalue weighted by Gasteiger charge is 2.47. The largest absolute Gasteiger partial charge is 0.506 e. The molecule has 40 heavy (non-hydrogen) atoms. The van der Waals surface area contributed by atoms with Crippen LogP contribution in [-0.4, -0.2) is 55.6 Å². The van der Waals surface area contributed by atoms with Gasteiger partial charge in [-0.25, -0.2) is 0 Å². The molecule has 12 heteroatoms. The number of amides is 1. The van der Waals surface area contributed by atoms with Crippen molar-refractivity contribution in [3.05, 3.63) is 56.7 Å². The molecule has 206 valence electrons. The van der Waals surface area contributed by atoms with E-state index < -0.39 is 47.4 Å². The van der Waals surface area contributed by atoms with Crippen LogP contribution in [0.2, 0.25) is 0 Å². The minimum atomic E-state index is -1.31. The van der Waals surface area contributed by atoms with Gasteiger partial charge in [0, 0.05) is 36.5 Å². The van der Waals surface area contributed by atoms with Crippen molar-refractivity contribution in [2.75, 3.05) is 28.1 Å². The van der Waals surface area contributed by atoms with Gasteiger partial charge < -0.3 is 48.7 Å². The number of para-hydroxylation sites is 1. The maximum atomic E-state index is 13.8. The Morgan fingerprint density at radius 2 is 1.77 bits per heavy atom. The number of nitrogens with one attached hydrogen (secondary N) is 1. The third kappa shape index (κ3) is 2.98. The van der Waals surface area contributed by atoms with Gasteiger partial charge in [0.15, 0.2) is 35.7 Å². The van der Waals surface area contributed by atoms with Gasteiger partial charge in [-0.1, -0.05) is 6.07 Å². The molecule has 0 fully saturated rings. The van der Waals surface area contributed by atoms with Crippen LogP contribution in [-0.2, 0) is 14.2 Å². The number of phenols is 2. The number of methoxy groups -OCH3 is 3. The number of fused-ring (bicyclic) bond motifs is 6. The molecule has 0 saturated carbocycles. The van der Waals surface area contributed by atoms with E-state index in [1.54, 1.807) is 18.2 Å². The average molecular weight is 549 g/mol. The minimum absolute atomic E-state index is 0.0292. The number of aliphatic hydroxyl groups is 1. The summed E-state index contributed by atoms with van der Waals surface area (Å²) in [6, 6.07) is 6.32. The van der Waals surface area contributed by atoms with E-state index in [0.29, 0.717) is 11.3 Å². The van der Waals surface area contributed by atoms with Crippen LogP contribution in [0.25, 0.3) is 33.1 Å². The highest BCUT2D eigenvalue weighted by molar-refractivity contribution is 6.08. The highest BCUT2D eigenvalue weighted by atomic mass is 16.7. The summed E-state index contributed by atoms with van der Waals surface area (Å²) >= 11 is 0. The van der Waals surface area contributed by atoms with Crippen LogP contribution < -0.4 is 20.2 Å². The summed E-state index contributed by atoms with van der Waals surface area (Å²) in [7, 11) is 4.21. The molecular formula is C28H23NO11. The summed E-state index contributed by atoms with van der Waals surface area (Å²) in [5.41, 5.74) is 0.164. The first-order valence-electron chi connectivity index (χ1n) is 12.3. The van der Waals surface area contributed by atoms with Gasteiger partial charge in [-0.15, -0.1) is 0 Å². The van der Waals surface area contributed by atoms with Crippen molar-refractivity contribution in [2.45, 2.75) is 24.5 Å². The maximum Gasteiger partial charge on any atom is 0.257 e. The van der Waals surface area contributed by atoms with Crippen molar-refractivity contribution in [1.29, 1.82) is 0 Å². The van der Waals surface area contributed by atoms with Crippen molar-refractivity contribution < 1.29 is 48.2 Å². The zero-order valence-electron chi connectivity index (χ0n) is 21.4. The molecule has 0 radical (unpaired) electrons. The molecule has 4 unspecified atom stereocenters. The van der Waals surface area contributed by atoms with Gasteiger partial charge in [0.25, 0.3) is 5.91 Å². The Balaban J connectivity index is 1.64. The van der Waals surface area contributed by atoms with E-state index in [1.165, 1.54) is 27.4 Å². The lowest BCUT2D eigenvalue weighted by Crippen LogP contribution is -2.45. The van der Waals surface area contributed by atoms with Crippen LogP contribution in [0.4, 0.5) is 0 Å². The third-order valence-electron chi connectivity index (χ3n) is 7.84. The first-order valence-corrected chi connectivity index (χ1v) is 12.3. The van der Waals surface area contributed by atoms with E-state index in [4.69, 9.17) is 28.1 Å². The molecule has 0 bridgehead atoms. The molecular weight excluding hydrogens is 526 g/mol. The number of carbonyl (C=O) groups excluding carboxylic acids is 1. The number of phenolic OH excluding ortho intramolecular Hbond substituents is 2. The molecule has 4 aromatic rings. The van der Waals surface area contributed by atoms with Crippen molar-refractivity contribution in [3.63, 3.8) is 0 Å². The molecule has 4 atom stereocenters. The molecule has 3 heterocycles. The Labute approximate surface area is 225 Å². The van der Waals surface area contributed by atoms with E-state index in [2.05, 4.69) is 5.32 Å². The Hall–Kier alpha value is -4.36. The first kappa shape index (κ1) is 24.7. The molecule has 3 aliphatic rings. The van der Waals surface area contributed by atoms with Gasteiger partial charge in [-0.3, -0.25) is 9.59 Å². The number of benzene rings is 3. The Kier molecular flexibility index (Phi) is 5.28. The van der Waals surface area contributed by atoms with Gasteiger partial charge in [-0.2, -0.15) is 0 Å². The van der Waals surface area contributed by atoms with Crippen molar-refractivity contribution >= 4 is 27.8 Å². The standard InChI is InChI=1S/C28H23NO11/c1-35-12-6-4-5-9-18(30)17-21(33)15-13-11(7-10-14(20(13)32)27(34)29-28(37-3)19(10)31)23(36-2)24-16(15)25(39-8-38-24)26(17)40-22(9)12/h4-7,19,23-24,28,31-33H,8H2,1-3H3,(H,29,34). The van der Waals surface area contributed by atoms with Crippen molar-refractivity contribution in [2.24, 2.45) is 0 Å². The molecule has 1 amide bonds. The van der Waals surface area contributed by atoms with Crippen LogP contribution in [0.5, 0.6) is 23.0 Å². The second-order valence-electron chi connectivity index (χ2n) is 9.67. The molecule has 7 rings (SSSR count). The number of aromatic hydroxyl groups is 2. The number of carbonyl (C=O) groups is 1. The number of aliphatic hydroxyl groups excluding tert-OH is 1. The fourth-order valence-electron chi connectivity index (χ4n) is 6.09. The second kappa shape index (κ2) is 8.57. The Morgan fingerprint density at radius 1 is 0.975 bits per heavy atom. The number of hydrogen-bond acceptors (Lipinski definition) is 11. The summed E-state index contributed by atoms with van der Waals surface area (Å²) in [4.78, 5) is 26.8. The van der Waals surface area contributed by atoms with Gasteiger partial charge >= 0.3 is 0 Å². The van der Waals surface area contributed by atoms with Crippen LogP contribution >= 0.6 is 0 Å². The Morgan fingerprint density at radius 3 is 2.50 bits per heavy atom. The summed E-state index contributed by atoms with van der Waals surface area (Å²) in [5, 5.41) is 36.7. The second-order valence-corrected chi connectivity index (χ2v) is 9.67. The smallest absolute Gasteiger partial charge is 0.257 e. The molecule has 0 spiro atoms. The molecule has 12 nitrogen and oxygen atoms in total. The van der Waals surface area contributed by atoms with E-state index >= 15 is 0 Å². The monoisotopic (exact) mass is 549 g/mol. The molecule has 2 aliphatic heterocycles. The summed E-state index contributed by atoms with van der Waals surface area (Å²) in [5.74, 6) is -1.27. The molecule has 1 aromatic heterocycles. The number of rotatable bonds is 3. The predicted molar refractivity (Wildman–Crippen MR) is 138 cm³/mol. The zero-order chi connectivity index (χ0) is 28.0. The quantitative estimate of drug-likeness (QED) is 0.278. The minimum Gasteiger partial charge on any atom is -0.506 e. The van der Waals surface area contributed by atoms with Gasteiger partial charge in [0.2, 0.25) is 5.43 Å². The van der Waals surface area contributed by atoms with Crippen LogP contribution in [0.3, 0.4) is 0 Å². The first-order chi connectivity index (χ1) is 19.3. The van der Waals surface area contributed by atoms with Crippen LogP contribution in [0, 0.1) is 0 Å². The normalized spacial score (nSPS) is 22.8. The Bertz CT molecular complexity index is 1830. The van der Waals surface area contributed by atoms with E-state index in [9.17, 15) is 24.9 Å². The SMILES string of the molecule is COc1cccc2c(=O)c3c(O)c4c5c(c3oc12)OCOC5C(OC)c1cc2c(c(O)c1-4)C(=O)NC(OC)C2O. The highest BCUT2D eigenvalue weighted by Crippen LogP contribution is 2.61. The summed E-state index contributed by atoms with van der Waals surface area (Å²) in [6.07, 6.45) is -4.08. The maximum absolute atomic E-state index is 13.8. The predicted octanol–water partition coefficient (Wildman–Crippen LogP) is 2.89. The molecule has 3 aromatic carbocycles. The van der Waals surface area contributed by atoms with E-state index in [1.807, 2.05) is 0 Å². The summed E-state index contributed by atoms with van der Waals surface area (Å²) < 4.78 is 34.3. The van der Waals surface area contributed by atoms with Gasteiger partial charge in [-0.05, 0) is 23.8 Å². The summed E-state index contributed by atoms with van der Waals surface area (Å²) in [6.45, 7) is -0.229. The number of hydrogen-bond donors (Lipinski definition) is 4. The zero-order valence-corrected chi connectivity index (χ0v) is 21.4. The van der Waals surface area contributed by atoms with E-state index in [0.717, 1.165) is 0 Å². The lowest BCUT2D eigenvalue weighted by Gasteiger charge is -2.40. The van der Waals surface area contributed by atoms with Gasteiger partial charge in [0.05, 0.1) is 18.1 Å². The van der Waals surface area contributed by atoms with Crippen molar-refractivity contribution in [1.82, 2.24) is 5.32 Å². The fourth-order valence-corrected chi connectivity index (χ4v) is 6.09. The fraction of sp³-hybridized carbons (Fsp3) is 0.286. The van der Waals surface area contributed by atoms with Crippen LogP contribution in [0.1, 0.15) is 45.4 Å². The molecule has 0 saturated heterocycles. The molecule has 4 N–H and O–H groups in total. The molecule has 1 aliphatic carbocycles. The van der Waals surface area contributed by atoms with Crippen LogP contribution in [0.15, 0.2) is 33.5 Å². The topological polar surface area (TPSA) is 166 Å². The lowest BCUT2D eigenvalue weighted by atomic mass is 9.76. The number of ether oxygens (including phenoxy) is 5. The average Bonchev–Trinajstić information content (AvgIpc) is 2.96. The third-order valence-corrected chi connectivity index (χ3v) is 7.84. The lowest BCUT2D eigenvalue weighted by molar-refractivity contribution is -0.121. The van der Waals surface area contributed by atoms with E-state index in [-0.39, 0.29) is 62.3 Å². The van der Waals surface area contributed by atoms with Crippen molar-refractivity contribution in [3.8, 4) is 34.1 Å².